The van der Waals surface area contributed by atoms with Gasteiger partial charge in [0.05, 0.1) is 37.2 Å². The highest BCUT2D eigenvalue weighted by molar-refractivity contribution is 9.09. The second-order valence-corrected chi connectivity index (χ2v) is 13.8. The fourth-order valence-corrected chi connectivity index (χ4v) is 8.46. The second kappa shape index (κ2) is 16.2. The number of β-amino-alcohol motifs (C(OH)–C–C–N with tert-alkyl or cyclic N) is 1. The van der Waals surface area contributed by atoms with Crippen molar-refractivity contribution in [3.05, 3.63) is 97.1 Å². The minimum Gasteiger partial charge on any atom is -0.455 e. The fraction of sp³-hybridized carbons (Fsp3) is 0.459. The van der Waals surface area contributed by atoms with Crippen molar-refractivity contribution in [3.63, 3.8) is 0 Å². The lowest BCUT2D eigenvalue weighted by Gasteiger charge is -2.37. The smallest absolute Gasteiger partial charge is 0.313 e. The summed E-state index contributed by atoms with van der Waals surface area (Å²) in [5, 5.41) is 13.0. The Labute approximate surface area is 295 Å². The number of allylic oxidation sites excluding steroid dienone is 1. The van der Waals surface area contributed by atoms with E-state index in [0.717, 1.165) is 5.56 Å². The van der Waals surface area contributed by atoms with Gasteiger partial charge in [0.1, 0.15) is 17.7 Å². The minimum absolute atomic E-state index is 0.0477. The van der Waals surface area contributed by atoms with Crippen LogP contribution in [0, 0.1) is 11.8 Å². The van der Waals surface area contributed by atoms with Crippen molar-refractivity contribution >= 4 is 39.6 Å². The van der Waals surface area contributed by atoms with E-state index in [-0.39, 0.29) is 55.9 Å². The molecule has 3 aliphatic rings. The quantitative estimate of drug-likeness (QED) is 0.144. The third kappa shape index (κ3) is 7.38. The number of hydrogen-bond acceptors (Lipinski definition) is 8. The first kappa shape index (κ1) is 36.4. The molecule has 262 valence electrons. The number of hydrogen-bond donors (Lipinski definition) is 2. The number of aliphatic hydroxyl groups is 1. The zero-order valence-corrected chi connectivity index (χ0v) is 29.2. The topological polar surface area (TPSA) is 135 Å². The van der Waals surface area contributed by atoms with Gasteiger partial charge >= 0.3 is 5.97 Å². The maximum atomic E-state index is 14.5. The largest absolute Gasteiger partial charge is 0.455 e. The van der Waals surface area contributed by atoms with Crippen LogP contribution in [0.4, 0.5) is 0 Å². The second-order valence-electron chi connectivity index (χ2n) is 12.6. The molecule has 1 spiro atoms. The summed E-state index contributed by atoms with van der Waals surface area (Å²) in [6.45, 7) is 7.57. The van der Waals surface area contributed by atoms with E-state index in [4.69, 9.17) is 14.2 Å². The first-order valence-corrected chi connectivity index (χ1v) is 17.4. The van der Waals surface area contributed by atoms with Crippen LogP contribution in [-0.2, 0) is 39.9 Å². The number of halogens is 1. The molecular formula is C37H44BrN3O8. The Morgan fingerprint density at radius 2 is 1.84 bits per heavy atom. The predicted molar refractivity (Wildman–Crippen MR) is 185 cm³/mol. The van der Waals surface area contributed by atoms with Crippen molar-refractivity contribution in [2.45, 2.75) is 60.5 Å². The van der Waals surface area contributed by atoms with Gasteiger partial charge in [-0.3, -0.25) is 19.2 Å². The SMILES string of the molecule is C=CCCC(=O)N[C@@H](COC)[C@@H](OC(=O)[C@@H]1[C@H]2O[C@@]3(CC2Br)[C@H](C(=O)N(CC=C)Cc2ccccc2)N(CCO)C(=O)[C@@H]13)c1ccccc1. The first-order valence-electron chi connectivity index (χ1n) is 16.5. The Bertz CT molecular complexity index is 1510. The van der Waals surface area contributed by atoms with Gasteiger partial charge in [-0.2, -0.15) is 0 Å². The summed E-state index contributed by atoms with van der Waals surface area (Å²) in [6, 6.07) is 16.7. The number of amides is 3. The number of carbonyl (C=O) groups excluding carboxylic acids is 4. The number of aliphatic hydroxyl groups excluding tert-OH is 1. The highest BCUT2D eigenvalue weighted by atomic mass is 79.9. The molecule has 1 unspecified atom stereocenters. The van der Waals surface area contributed by atoms with Crippen molar-refractivity contribution in [1.82, 2.24) is 15.1 Å². The Kier molecular flexibility index (Phi) is 12.1. The number of nitrogens with one attached hydrogen (secondary N) is 1. The molecule has 0 radical (unpaired) electrons. The Balaban J connectivity index is 1.48. The highest BCUT2D eigenvalue weighted by Gasteiger charge is 2.77. The fourth-order valence-electron chi connectivity index (χ4n) is 7.52. The van der Waals surface area contributed by atoms with Gasteiger partial charge in [0.2, 0.25) is 17.7 Å². The monoisotopic (exact) mass is 737 g/mol. The molecule has 2 aromatic carbocycles. The van der Waals surface area contributed by atoms with E-state index in [1.165, 1.54) is 12.0 Å². The van der Waals surface area contributed by atoms with E-state index in [1.807, 2.05) is 36.4 Å². The zero-order chi connectivity index (χ0) is 35.1. The van der Waals surface area contributed by atoms with Gasteiger partial charge in [0.25, 0.3) is 0 Å². The van der Waals surface area contributed by atoms with E-state index in [2.05, 4.69) is 34.4 Å². The molecule has 2 aromatic rings. The van der Waals surface area contributed by atoms with Crippen LogP contribution in [0.2, 0.25) is 0 Å². The van der Waals surface area contributed by atoms with Gasteiger partial charge in [0, 0.05) is 38.0 Å². The van der Waals surface area contributed by atoms with Crippen LogP contribution < -0.4 is 5.32 Å². The standard InChI is InChI=1S/C37H44BrN3O8/c1-4-6-17-28(43)39-27(23-47-3)31(25-15-11-8-12-16-25)48-36(46)29-30-34(44)41(19-20-42)33(37(30)21-26(38)32(29)49-37)35(45)40(18-5-2)22-24-13-9-7-10-14-24/h4-5,7-16,26-27,29-33,42H,1-2,6,17-23H2,3H3,(H,39,43)/t26?,27-,29-,30+,31-,32-,33-,37+/m0/s1. The Morgan fingerprint density at radius 3 is 2.47 bits per heavy atom. The molecule has 8 atom stereocenters. The van der Waals surface area contributed by atoms with Gasteiger partial charge in [-0.1, -0.05) is 88.7 Å². The van der Waals surface area contributed by atoms with Crippen LogP contribution in [0.1, 0.15) is 36.5 Å². The van der Waals surface area contributed by atoms with Crippen LogP contribution in [0.15, 0.2) is 86.0 Å². The number of esters is 1. The van der Waals surface area contributed by atoms with Crippen molar-refractivity contribution in [2.75, 3.05) is 33.4 Å². The molecule has 5 rings (SSSR count). The van der Waals surface area contributed by atoms with Crippen molar-refractivity contribution in [2.24, 2.45) is 11.8 Å². The number of carbonyl (C=O) groups is 4. The Hall–Kier alpha value is -3.84. The van der Waals surface area contributed by atoms with Gasteiger partial charge in [0.15, 0.2) is 0 Å². The molecule has 49 heavy (non-hydrogen) atoms. The molecule has 2 bridgehead atoms. The molecule has 3 amide bonds. The highest BCUT2D eigenvalue weighted by Crippen LogP contribution is 2.60. The summed E-state index contributed by atoms with van der Waals surface area (Å²) in [7, 11) is 1.49. The van der Waals surface area contributed by atoms with E-state index in [9.17, 15) is 24.3 Å². The minimum atomic E-state index is -1.34. The molecule has 3 saturated heterocycles. The third-order valence-electron chi connectivity index (χ3n) is 9.52. The number of nitrogens with zero attached hydrogens (tertiary/aromatic N) is 2. The summed E-state index contributed by atoms with van der Waals surface area (Å²) in [5.74, 6) is -3.83. The van der Waals surface area contributed by atoms with Gasteiger partial charge in [-0.25, -0.2) is 0 Å². The molecule has 3 fully saturated rings. The molecule has 3 aliphatic heterocycles. The van der Waals surface area contributed by atoms with E-state index in [0.29, 0.717) is 18.4 Å². The molecule has 11 nitrogen and oxygen atoms in total. The lowest BCUT2D eigenvalue weighted by Crippen LogP contribution is -2.57. The average molecular weight is 739 g/mol. The predicted octanol–water partition coefficient (Wildman–Crippen LogP) is 3.32. The molecular weight excluding hydrogens is 694 g/mol. The summed E-state index contributed by atoms with van der Waals surface area (Å²) >= 11 is 3.70. The summed E-state index contributed by atoms with van der Waals surface area (Å²) in [6.07, 6.45) is 2.54. The van der Waals surface area contributed by atoms with Crippen molar-refractivity contribution in [1.29, 1.82) is 0 Å². The summed E-state index contributed by atoms with van der Waals surface area (Å²) in [4.78, 5) is 58.7. The van der Waals surface area contributed by atoms with Crippen LogP contribution in [0.5, 0.6) is 0 Å². The van der Waals surface area contributed by atoms with Crippen molar-refractivity contribution < 1.29 is 38.5 Å². The van der Waals surface area contributed by atoms with Crippen molar-refractivity contribution in [3.8, 4) is 0 Å². The zero-order valence-electron chi connectivity index (χ0n) is 27.6. The number of ether oxygens (including phenoxy) is 3. The van der Waals surface area contributed by atoms with E-state index in [1.54, 1.807) is 41.3 Å². The number of methoxy groups -OCH3 is 1. The van der Waals surface area contributed by atoms with Crippen LogP contribution in [0.25, 0.3) is 0 Å². The molecule has 3 heterocycles. The van der Waals surface area contributed by atoms with Gasteiger partial charge in [-0.15, -0.1) is 13.2 Å². The van der Waals surface area contributed by atoms with E-state index < -0.39 is 53.6 Å². The van der Waals surface area contributed by atoms with Crippen LogP contribution in [0.3, 0.4) is 0 Å². The van der Waals surface area contributed by atoms with Crippen LogP contribution >= 0.6 is 15.9 Å². The number of alkyl halides is 1. The van der Waals surface area contributed by atoms with Gasteiger partial charge in [-0.05, 0) is 24.0 Å². The summed E-state index contributed by atoms with van der Waals surface area (Å²) < 4.78 is 18.3. The lowest BCUT2D eigenvalue weighted by molar-refractivity contribution is -0.163. The maximum Gasteiger partial charge on any atom is 0.313 e. The lowest BCUT2D eigenvalue weighted by atomic mass is 9.70. The van der Waals surface area contributed by atoms with E-state index >= 15 is 0 Å². The molecule has 0 saturated carbocycles. The Morgan fingerprint density at radius 1 is 1.14 bits per heavy atom. The molecule has 0 aromatic heterocycles. The van der Waals surface area contributed by atoms with Gasteiger partial charge < -0.3 is 34.4 Å². The van der Waals surface area contributed by atoms with Crippen LogP contribution in [-0.4, -0.2) is 101 Å². The number of benzene rings is 2. The normalized spacial score (nSPS) is 26.5. The average Bonchev–Trinajstić information content (AvgIpc) is 3.69. The summed E-state index contributed by atoms with van der Waals surface area (Å²) in [5.41, 5.74) is 0.190. The maximum absolute atomic E-state index is 14.5. The molecule has 12 heteroatoms. The molecule has 2 N–H and O–H groups in total. The first-order chi connectivity index (χ1) is 23.7. The number of likely N-dealkylation sites (tertiary alicyclic amines) is 1. The number of rotatable bonds is 17. The molecule has 0 aliphatic carbocycles. The number of fused-ring (bicyclic) bond motifs is 1. The third-order valence-corrected chi connectivity index (χ3v) is 10.4.